The Bertz CT molecular complexity index is 792. The number of benzene rings is 2. The van der Waals surface area contributed by atoms with Gasteiger partial charge in [0.1, 0.15) is 5.82 Å². The molecule has 1 heterocycles. The number of rotatable bonds is 6. The standard InChI is InChI=1S/C21H21F4NO.ClH/c22-19-8-6-15(7-9-19)20(27)5-2-11-26-12-10-17(14-26)16-3-1-4-18(13-16)21(23,24)25;/h1,3-4,6-9,13,17H,2,5,10-12,14H2;1H. The molecule has 2 aromatic carbocycles. The maximum Gasteiger partial charge on any atom is 0.416 e. The number of carbonyl (C=O) groups excluding carboxylic acids is 1. The van der Waals surface area contributed by atoms with Gasteiger partial charge in [-0.15, -0.1) is 12.4 Å². The Labute approximate surface area is 168 Å². The number of hydrogen-bond acceptors (Lipinski definition) is 2. The fourth-order valence-corrected chi connectivity index (χ4v) is 3.52. The zero-order valence-electron chi connectivity index (χ0n) is 15.2. The number of carbonyl (C=O) groups is 1. The van der Waals surface area contributed by atoms with Crippen LogP contribution in [0.15, 0.2) is 48.5 Å². The highest BCUT2D eigenvalue weighted by molar-refractivity contribution is 5.95. The first-order valence-corrected chi connectivity index (χ1v) is 9.01. The Morgan fingerprint density at radius 2 is 1.82 bits per heavy atom. The van der Waals surface area contributed by atoms with Crippen molar-refractivity contribution in [1.82, 2.24) is 4.90 Å². The lowest BCUT2D eigenvalue weighted by Crippen LogP contribution is -2.22. The van der Waals surface area contributed by atoms with Gasteiger partial charge in [0.2, 0.25) is 0 Å². The molecule has 3 rings (SSSR count). The van der Waals surface area contributed by atoms with Crippen LogP contribution in [-0.2, 0) is 6.18 Å². The second-order valence-corrected chi connectivity index (χ2v) is 6.94. The molecule has 2 aromatic rings. The summed E-state index contributed by atoms with van der Waals surface area (Å²) in [5.41, 5.74) is 0.609. The third-order valence-electron chi connectivity index (χ3n) is 5.00. The van der Waals surface area contributed by atoms with E-state index < -0.39 is 11.7 Å². The van der Waals surface area contributed by atoms with Crippen molar-refractivity contribution in [3.05, 3.63) is 71.0 Å². The number of likely N-dealkylation sites (tertiary alicyclic amines) is 1. The molecule has 0 N–H and O–H groups in total. The summed E-state index contributed by atoms with van der Waals surface area (Å²) in [5.74, 6) is -0.312. The van der Waals surface area contributed by atoms with Gasteiger partial charge in [0, 0.05) is 18.5 Å². The Kier molecular flexibility index (Phi) is 7.61. The van der Waals surface area contributed by atoms with Gasteiger partial charge in [-0.05, 0) is 67.7 Å². The Morgan fingerprint density at radius 1 is 1.11 bits per heavy atom. The lowest BCUT2D eigenvalue weighted by Gasteiger charge is -2.16. The molecule has 0 radical (unpaired) electrons. The van der Waals surface area contributed by atoms with Crippen molar-refractivity contribution in [2.24, 2.45) is 0 Å². The highest BCUT2D eigenvalue weighted by Crippen LogP contribution is 2.33. The van der Waals surface area contributed by atoms with Crippen LogP contribution in [0.4, 0.5) is 17.6 Å². The van der Waals surface area contributed by atoms with Gasteiger partial charge in [-0.1, -0.05) is 18.2 Å². The van der Waals surface area contributed by atoms with Crippen LogP contribution in [0, 0.1) is 5.82 Å². The van der Waals surface area contributed by atoms with Gasteiger partial charge in [-0.3, -0.25) is 4.79 Å². The number of alkyl halides is 3. The lowest BCUT2D eigenvalue weighted by molar-refractivity contribution is -0.137. The van der Waals surface area contributed by atoms with Crippen LogP contribution in [0.3, 0.4) is 0 Å². The van der Waals surface area contributed by atoms with E-state index in [1.165, 1.54) is 36.4 Å². The minimum Gasteiger partial charge on any atom is -0.303 e. The first-order valence-electron chi connectivity index (χ1n) is 9.01. The predicted molar refractivity (Wildman–Crippen MR) is 102 cm³/mol. The van der Waals surface area contributed by atoms with E-state index in [9.17, 15) is 22.4 Å². The predicted octanol–water partition coefficient (Wildman–Crippen LogP) is 5.72. The normalized spacial score (nSPS) is 17.4. The molecule has 0 aromatic heterocycles. The summed E-state index contributed by atoms with van der Waals surface area (Å²) in [4.78, 5) is 14.3. The molecule has 1 unspecified atom stereocenters. The van der Waals surface area contributed by atoms with Gasteiger partial charge in [0.15, 0.2) is 5.78 Å². The summed E-state index contributed by atoms with van der Waals surface area (Å²) in [5, 5.41) is 0. The molecular weight excluding hydrogens is 394 g/mol. The molecule has 0 aliphatic carbocycles. The third-order valence-corrected chi connectivity index (χ3v) is 5.00. The van der Waals surface area contributed by atoms with Crippen molar-refractivity contribution in [3.63, 3.8) is 0 Å². The summed E-state index contributed by atoms with van der Waals surface area (Å²) in [6, 6.07) is 11.1. The van der Waals surface area contributed by atoms with Crippen LogP contribution in [0.25, 0.3) is 0 Å². The Balaban J connectivity index is 0.00000280. The average Bonchev–Trinajstić information content (AvgIpc) is 3.10. The van der Waals surface area contributed by atoms with Crippen molar-refractivity contribution < 1.29 is 22.4 Å². The number of nitrogens with zero attached hydrogens (tertiary/aromatic N) is 1. The summed E-state index contributed by atoms with van der Waals surface area (Å²) >= 11 is 0. The van der Waals surface area contributed by atoms with E-state index in [0.717, 1.165) is 31.1 Å². The molecule has 152 valence electrons. The summed E-state index contributed by atoms with van der Waals surface area (Å²) in [6.45, 7) is 2.24. The molecule has 1 atom stereocenters. The minimum atomic E-state index is -4.32. The van der Waals surface area contributed by atoms with Crippen molar-refractivity contribution in [2.75, 3.05) is 19.6 Å². The quantitative estimate of drug-likeness (QED) is 0.444. The Morgan fingerprint density at radius 3 is 2.50 bits per heavy atom. The van der Waals surface area contributed by atoms with Crippen LogP contribution >= 0.6 is 12.4 Å². The monoisotopic (exact) mass is 415 g/mol. The van der Waals surface area contributed by atoms with Crippen LogP contribution in [0.5, 0.6) is 0 Å². The van der Waals surface area contributed by atoms with Crippen LogP contribution in [0.1, 0.15) is 46.7 Å². The first-order chi connectivity index (χ1) is 12.8. The highest BCUT2D eigenvalue weighted by Gasteiger charge is 2.32. The topological polar surface area (TPSA) is 20.3 Å². The second-order valence-electron chi connectivity index (χ2n) is 6.94. The van der Waals surface area contributed by atoms with E-state index in [1.807, 2.05) is 0 Å². The first kappa shape index (κ1) is 22.4. The van der Waals surface area contributed by atoms with E-state index in [4.69, 9.17) is 0 Å². The van der Waals surface area contributed by atoms with Crippen molar-refractivity contribution in [1.29, 1.82) is 0 Å². The largest absolute Gasteiger partial charge is 0.416 e. The van der Waals surface area contributed by atoms with Crippen molar-refractivity contribution >= 4 is 18.2 Å². The van der Waals surface area contributed by atoms with Gasteiger partial charge >= 0.3 is 6.18 Å². The summed E-state index contributed by atoms with van der Waals surface area (Å²) in [6.07, 6.45) is -2.47. The third kappa shape index (κ3) is 5.79. The molecule has 1 fully saturated rings. The number of hydrogen-bond donors (Lipinski definition) is 0. The van der Waals surface area contributed by atoms with Crippen molar-refractivity contribution in [3.8, 4) is 0 Å². The lowest BCUT2D eigenvalue weighted by atomic mass is 9.96. The van der Waals surface area contributed by atoms with Crippen LogP contribution in [0.2, 0.25) is 0 Å². The van der Waals surface area contributed by atoms with Crippen LogP contribution in [-0.4, -0.2) is 30.3 Å². The molecule has 0 spiro atoms. The number of halogens is 5. The summed E-state index contributed by atoms with van der Waals surface area (Å²) < 4.78 is 51.5. The molecule has 1 aliphatic rings. The van der Waals surface area contributed by atoms with E-state index in [1.54, 1.807) is 6.07 Å². The molecule has 7 heteroatoms. The maximum absolute atomic E-state index is 12.9. The van der Waals surface area contributed by atoms with Gasteiger partial charge in [-0.25, -0.2) is 4.39 Å². The molecule has 2 nitrogen and oxygen atoms in total. The molecule has 1 aliphatic heterocycles. The molecule has 0 amide bonds. The summed E-state index contributed by atoms with van der Waals surface area (Å²) in [7, 11) is 0. The minimum absolute atomic E-state index is 0. The molecular formula is C21H22ClF4NO. The van der Waals surface area contributed by atoms with Gasteiger partial charge in [0.05, 0.1) is 5.56 Å². The molecule has 28 heavy (non-hydrogen) atoms. The fourth-order valence-electron chi connectivity index (χ4n) is 3.52. The average molecular weight is 416 g/mol. The van der Waals surface area contributed by atoms with E-state index in [2.05, 4.69) is 4.90 Å². The molecule has 1 saturated heterocycles. The van der Waals surface area contributed by atoms with Gasteiger partial charge in [0.25, 0.3) is 0 Å². The molecule has 0 bridgehead atoms. The van der Waals surface area contributed by atoms with Gasteiger partial charge < -0.3 is 4.90 Å². The smallest absolute Gasteiger partial charge is 0.303 e. The fraction of sp³-hybridized carbons (Fsp3) is 0.381. The van der Waals surface area contributed by atoms with E-state index in [0.29, 0.717) is 24.9 Å². The zero-order chi connectivity index (χ0) is 19.4. The van der Waals surface area contributed by atoms with E-state index in [-0.39, 0.29) is 29.9 Å². The van der Waals surface area contributed by atoms with Crippen molar-refractivity contribution in [2.45, 2.75) is 31.4 Å². The number of Topliss-reactive ketones (excluding diaryl/α,β-unsaturated/α-hetero) is 1. The second kappa shape index (κ2) is 9.52. The zero-order valence-corrected chi connectivity index (χ0v) is 16.0. The number of ketones is 1. The Hall–Kier alpha value is -1.92. The highest BCUT2D eigenvalue weighted by atomic mass is 35.5. The SMILES string of the molecule is Cl.O=C(CCCN1CCC(c2cccc(C(F)(F)F)c2)C1)c1ccc(F)cc1. The van der Waals surface area contributed by atoms with E-state index >= 15 is 0 Å². The molecule has 0 saturated carbocycles. The maximum atomic E-state index is 12.9. The van der Waals surface area contributed by atoms with Crippen LogP contribution < -0.4 is 0 Å². The van der Waals surface area contributed by atoms with Gasteiger partial charge in [-0.2, -0.15) is 13.2 Å².